The number of rotatable bonds is 7. The molecule has 2 unspecified atom stereocenters. The molecule has 1 heterocycles. The van der Waals surface area contributed by atoms with Crippen LogP contribution in [0.25, 0.3) is 0 Å². The van der Waals surface area contributed by atoms with Crippen molar-refractivity contribution in [2.75, 3.05) is 14.1 Å². The number of nitrogens with one attached hydrogen (secondary N) is 1. The third-order valence-electron chi connectivity index (χ3n) is 3.99. The highest BCUT2D eigenvalue weighted by molar-refractivity contribution is 5.21. The van der Waals surface area contributed by atoms with E-state index >= 15 is 0 Å². The summed E-state index contributed by atoms with van der Waals surface area (Å²) in [5.41, 5.74) is 2.59. The normalized spacial score (nSPS) is 14.1. The first kappa shape index (κ1) is 15.7. The first-order valence-corrected chi connectivity index (χ1v) is 7.57. The Morgan fingerprint density at radius 3 is 2.48 bits per heavy atom. The highest BCUT2D eigenvalue weighted by atomic mass is 15.2. The molecule has 3 nitrogen and oxygen atoms in total. The molecular weight excluding hydrogens is 258 g/mol. The maximum atomic E-state index is 4.20. The van der Waals surface area contributed by atoms with Gasteiger partial charge in [0.15, 0.2) is 0 Å². The van der Waals surface area contributed by atoms with Crippen molar-refractivity contribution in [3.8, 4) is 0 Å². The van der Waals surface area contributed by atoms with Crippen molar-refractivity contribution < 1.29 is 0 Å². The number of likely N-dealkylation sites (N-methyl/N-ethyl adjacent to an activating group) is 2. The minimum atomic E-state index is 0.331. The molecule has 0 saturated heterocycles. The third-order valence-corrected chi connectivity index (χ3v) is 3.99. The number of benzene rings is 1. The van der Waals surface area contributed by atoms with Gasteiger partial charge in [-0.05, 0) is 37.7 Å². The van der Waals surface area contributed by atoms with Gasteiger partial charge in [-0.25, -0.2) is 0 Å². The Kier molecular flexibility index (Phi) is 5.90. The molecule has 21 heavy (non-hydrogen) atoms. The lowest BCUT2D eigenvalue weighted by molar-refractivity contribution is 0.183. The van der Waals surface area contributed by atoms with Crippen LogP contribution in [0.15, 0.2) is 54.9 Å². The summed E-state index contributed by atoms with van der Waals surface area (Å²) >= 11 is 0. The Morgan fingerprint density at radius 1 is 1.14 bits per heavy atom. The summed E-state index contributed by atoms with van der Waals surface area (Å²) < 4.78 is 0. The molecule has 0 bridgehead atoms. The van der Waals surface area contributed by atoms with Gasteiger partial charge >= 0.3 is 0 Å². The quantitative estimate of drug-likeness (QED) is 0.845. The minimum Gasteiger partial charge on any atom is -0.312 e. The van der Waals surface area contributed by atoms with Gasteiger partial charge < -0.3 is 5.32 Å². The molecule has 0 radical (unpaired) electrons. The highest BCUT2D eigenvalue weighted by Gasteiger charge is 2.23. The fraction of sp³-hybridized carbons (Fsp3) is 0.389. The zero-order valence-corrected chi connectivity index (χ0v) is 13.2. The lowest BCUT2D eigenvalue weighted by Crippen LogP contribution is -2.41. The number of hydrogen-bond donors (Lipinski definition) is 1. The van der Waals surface area contributed by atoms with Crippen LogP contribution < -0.4 is 5.32 Å². The molecule has 1 aromatic carbocycles. The van der Waals surface area contributed by atoms with Crippen molar-refractivity contribution in [2.45, 2.75) is 32.0 Å². The molecular formula is C18H25N3. The van der Waals surface area contributed by atoms with Crippen LogP contribution >= 0.6 is 0 Å². The Morgan fingerprint density at radius 2 is 1.90 bits per heavy atom. The second kappa shape index (κ2) is 7.91. The molecule has 0 aliphatic carbocycles. The van der Waals surface area contributed by atoms with Crippen molar-refractivity contribution in [1.82, 2.24) is 15.2 Å². The van der Waals surface area contributed by atoms with E-state index in [1.165, 1.54) is 11.1 Å². The molecule has 0 saturated carbocycles. The Bertz CT molecular complexity index is 513. The lowest BCUT2D eigenvalue weighted by atomic mass is 9.96. The van der Waals surface area contributed by atoms with E-state index in [0.29, 0.717) is 12.1 Å². The smallest absolute Gasteiger partial charge is 0.0475 e. The minimum absolute atomic E-state index is 0.331. The van der Waals surface area contributed by atoms with E-state index in [9.17, 15) is 0 Å². The highest BCUT2D eigenvalue weighted by Crippen LogP contribution is 2.23. The Hall–Kier alpha value is -1.71. The first-order valence-electron chi connectivity index (χ1n) is 7.57. The summed E-state index contributed by atoms with van der Waals surface area (Å²) in [6.45, 7) is 3.16. The zero-order valence-electron chi connectivity index (χ0n) is 13.2. The van der Waals surface area contributed by atoms with Crippen LogP contribution in [0.5, 0.6) is 0 Å². The molecule has 112 valence electrons. The van der Waals surface area contributed by atoms with Crippen LogP contribution in [-0.4, -0.2) is 30.0 Å². The van der Waals surface area contributed by atoms with E-state index in [-0.39, 0.29) is 0 Å². The molecule has 2 rings (SSSR count). The van der Waals surface area contributed by atoms with Gasteiger partial charge in [0.1, 0.15) is 0 Å². The number of nitrogens with zero attached hydrogens (tertiary/aromatic N) is 2. The third kappa shape index (κ3) is 4.13. The molecule has 2 aromatic rings. The average molecular weight is 283 g/mol. The van der Waals surface area contributed by atoms with E-state index in [2.05, 4.69) is 65.6 Å². The summed E-state index contributed by atoms with van der Waals surface area (Å²) in [4.78, 5) is 6.61. The molecule has 2 atom stereocenters. The molecule has 0 spiro atoms. The van der Waals surface area contributed by atoms with Gasteiger partial charge in [-0.1, -0.05) is 43.3 Å². The monoisotopic (exact) mass is 283 g/mol. The summed E-state index contributed by atoms with van der Waals surface area (Å²) in [6.07, 6.45) is 4.86. The van der Waals surface area contributed by atoms with Crippen LogP contribution in [-0.2, 0) is 6.54 Å². The van der Waals surface area contributed by atoms with Crippen LogP contribution in [0.2, 0.25) is 0 Å². The summed E-state index contributed by atoms with van der Waals surface area (Å²) in [6, 6.07) is 15.6. The first-order chi connectivity index (χ1) is 10.3. The summed E-state index contributed by atoms with van der Waals surface area (Å²) in [5, 5.41) is 3.48. The van der Waals surface area contributed by atoms with Gasteiger partial charge in [0.2, 0.25) is 0 Å². The van der Waals surface area contributed by atoms with Gasteiger partial charge in [0.25, 0.3) is 0 Å². The van der Waals surface area contributed by atoms with Crippen molar-refractivity contribution in [3.05, 3.63) is 66.0 Å². The number of hydrogen-bond acceptors (Lipinski definition) is 3. The average Bonchev–Trinajstić information content (AvgIpc) is 2.54. The molecule has 1 aromatic heterocycles. The van der Waals surface area contributed by atoms with Crippen molar-refractivity contribution in [1.29, 1.82) is 0 Å². The molecule has 0 aliphatic heterocycles. The SMILES string of the molecule is CCC(C(NC)c1ccccc1)N(C)Cc1cccnc1. The standard InChI is InChI=1S/C18H25N3/c1-4-17(18(19-2)16-10-6-5-7-11-16)21(3)14-15-9-8-12-20-13-15/h5-13,17-19H,4,14H2,1-3H3. The van der Waals surface area contributed by atoms with Gasteiger partial charge in [-0.15, -0.1) is 0 Å². The topological polar surface area (TPSA) is 28.2 Å². The van der Waals surface area contributed by atoms with Crippen molar-refractivity contribution in [2.24, 2.45) is 0 Å². The van der Waals surface area contributed by atoms with Crippen LogP contribution in [0.3, 0.4) is 0 Å². The zero-order chi connectivity index (χ0) is 15.1. The fourth-order valence-electron chi connectivity index (χ4n) is 2.94. The maximum Gasteiger partial charge on any atom is 0.0475 e. The van der Waals surface area contributed by atoms with E-state index < -0.39 is 0 Å². The molecule has 0 amide bonds. The molecule has 0 aliphatic rings. The predicted octanol–water partition coefficient (Wildman–Crippen LogP) is 3.25. The van der Waals surface area contributed by atoms with Gasteiger partial charge in [-0.2, -0.15) is 0 Å². The van der Waals surface area contributed by atoms with Gasteiger partial charge in [0.05, 0.1) is 0 Å². The fourth-order valence-corrected chi connectivity index (χ4v) is 2.94. The largest absolute Gasteiger partial charge is 0.312 e. The van der Waals surface area contributed by atoms with E-state index in [0.717, 1.165) is 13.0 Å². The number of pyridine rings is 1. The van der Waals surface area contributed by atoms with Crippen molar-refractivity contribution in [3.63, 3.8) is 0 Å². The Labute approximate surface area is 128 Å². The van der Waals surface area contributed by atoms with Gasteiger partial charge in [0, 0.05) is 31.0 Å². The second-order valence-electron chi connectivity index (χ2n) is 5.43. The van der Waals surface area contributed by atoms with Crippen LogP contribution in [0, 0.1) is 0 Å². The van der Waals surface area contributed by atoms with Crippen LogP contribution in [0.1, 0.15) is 30.5 Å². The van der Waals surface area contributed by atoms with Crippen molar-refractivity contribution >= 4 is 0 Å². The maximum absolute atomic E-state index is 4.20. The summed E-state index contributed by atoms with van der Waals surface area (Å²) in [7, 11) is 4.23. The second-order valence-corrected chi connectivity index (χ2v) is 5.43. The van der Waals surface area contributed by atoms with E-state index in [1.54, 1.807) is 0 Å². The predicted molar refractivity (Wildman–Crippen MR) is 88.0 cm³/mol. The summed E-state index contributed by atoms with van der Waals surface area (Å²) in [5.74, 6) is 0. The van der Waals surface area contributed by atoms with E-state index in [1.807, 2.05) is 25.5 Å². The molecule has 3 heteroatoms. The Balaban J connectivity index is 2.13. The molecule has 0 fully saturated rings. The molecule has 1 N–H and O–H groups in total. The number of aromatic nitrogens is 1. The van der Waals surface area contributed by atoms with Crippen LogP contribution in [0.4, 0.5) is 0 Å². The lowest BCUT2D eigenvalue weighted by Gasteiger charge is -2.34. The van der Waals surface area contributed by atoms with E-state index in [4.69, 9.17) is 0 Å². The van der Waals surface area contributed by atoms with Gasteiger partial charge in [-0.3, -0.25) is 9.88 Å².